The molecule has 2 N–H and O–H groups in total. The van der Waals surface area contributed by atoms with Gasteiger partial charge in [-0.2, -0.15) is 23.4 Å². The monoisotopic (exact) mass is 486 g/mol. The maximum Gasteiger partial charge on any atom is 0.410 e. The number of nitrogens with one attached hydrogen (secondary N) is 2. The highest BCUT2D eigenvalue weighted by Crippen LogP contribution is 2.46. The van der Waals surface area contributed by atoms with E-state index in [1.165, 1.54) is 6.20 Å². The van der Waals surface area contributed by atoms with Crippen LogP contribution in [0.5, 0.6) is 5.75 Å². The fourth-order valence-electron chi connectivity index (χ4n) is 4.19. The molecule has 176 valence electrons. The number of aromatic amines is 1. The summed E-state index contributed by atoms with van der Waals surface area (Å²) in [7, 11) is 1.54. The Bertz CT molecular complexity index is 1370. The second kappa shape index (κ2) is 8.32. The molecule has 0 radical (unpaired) electrons. The number of anilines is 1. The van der Waals surface area contributed by atoms with E-state index in [0.29, 0.717) is 27.5 Å². The number of H-pyrrole nitrogens is 1. The van der Waals surface area contributed by atoms with Crippen LogP contribution < -0.4 is 10.1 Å². The van der Waals surface area contributed by atoms with Crippen LogP contribution >= 0.6 is 12.2 Å². The Labute approximate surface area is 198 Å². The normalized spacial score (nSPS) is 17.8. The molecule has 2 aromatic heterocycles. The maximum atomic E-state index is 14.1. The van der Waals surface area contributed by atoms with Gasteiger partial charge in [0.25, 0.3) is 0 Å². The molecule has 2 aromatic carbocycles. The molecule has 0 spiro atoms. The Morgan fingerprint density at radius 3 is 2.44 bits per heavy atom. The van der Waals surface area contributed by atoms with Crippen molar-refractivity contribution in [2.45, 2.75) is 31.6 Å². The van der Waals surface area contributed by atoms with Gasteiger partial charge in [-0.1, -0.05) is 29.8 Å². The second-order valence-corrected chi connectivity index (χ2v) is 8.52. The van der Waals surface area contributed by atoms with Crippen molar-refractivity contribution in [1.82, 2.24) is 24.5 Å². The zero-order chi connectivity index (χ0) is 24.0. The van der Waals surface area contributed by atoms with Crippen LogP contribution in [0.3, 0.4) is 0 Å². The molecule has 1 aliphatic heterocycles. The standard InChI is InChI=1S/C23H21F3N6OS/c1-13-3-7-15(8-4-13)31-21(29-30-22(31)34)17-12-27-32-19(23(24,25)26)11-18(28-20(17)32)14-5-9-16(33-2)10-6-14/h3-10,12,18-19,28H,11H2,1-2H3,(H,30,34)/t18-,19-/m0/s1. The SMILES string of the molecule is COc1ccc([C@@H]2C[C@@H](C(F)(F)F)n3ncc(-c4n[nH]c(=S)n4-c4ccc(C)cc4)c3N2)cc1. The third-order valence-electron chi connectivity index (χ3n) is 5.96. The van der Waals surface area contributed by atoms with Gasteiger partial charge in [0.15, 0.2) is 16.6 Å². The summed E-state index contributed by atoms with van der Waals surface area (Å²) in [5.41, 5.74) is 2.95. The molecule has 34 heavy (non-hydrogen) atoms. The topological polar surface area (TPSA) is 72.7 Å². The van der Waals surface area contributed by atoms with Gasteiger partial charge in [-0.15, -0.1) is 0 Å². The number of aryl methyl sites for hydroxylation is 1. The summed E-state index contributed by atoms with van der Waals surface area (Å²) < 4.78 is 50.4. The van der Waals surface area contributed by atoms with Crippen LogP contribution in [0.2, 0.25) is 0 Å². The first-order valence-corrected chi connectivity index (χ1v) is 11.0. The third kappa shape index (κ3) is 3.85. The second-order valence-electron chi connectivity index (χ2n) is 8.14. The van der Waals surface area contributed by atoms with Gasteiger partial charge in [0.1, 0.15) is 11.6 Å². The van der Waals surface area contributed by atoms with Gasteiger partial charge in [-0.25, -0.2) is 4.68 Å². The average molecular weight is 487 g/mol. The van der Waals surface area contributed by atoms with Crippen molar-refractivity contribution in [2.75, 3.05) is 12.4 Å². The van der Waals surface area contributed by atoms with E-state index in [2.05, 4.69) is 20.6 Å². The molecule has 0 saturated carbocycles. The highest BCUT2D eigenvalue weighted by Gasteiger charge is 2.47. The average Bonchev–Trinajstić information content (AvgIpc) is 3.41. The van der Waals surface area contributed by atoms with Gasteiger partial charge in [-0.05, 0) is 49.0 Å². The van der Waals surface area contributed by atoms with Crippen molar-refractivity contribution >= 4 is 18.0 Å². The number of hydrogen-bond acceptors (Lipinski definition) is 5. The predicted octanol–water partition coefficient (Wildman–Crippen LogP) is 5.77. The number of ether oxygens (including phenoxy) is 1. The minimum Gasteiger partial charge on any atom is -0.497 e. The highest BCUT2D eigenvalue weighted by molar-refractivity contribution is 7.71. The van der Waals surface area contributed by atoms with Crippen molar-refractivity contribution < 1.29 is 17.9 Å². The number of aromatic nitrogens is 5. The number of rotatable bonds is 4. The van der Waals surface area contributed by atoms with Gasteiger partial charge in [0.2, 0.25) is 0 Å². The van der Waals surface area contributed by atoms with E-state index in [0.717, 1.165) is 15.9 Å². The van der Waals surface area contributed by atoms with Crippen molar-refractivity contribution in [3.05, 3.63) is 70.6 Å². The quantitative estimate of drug-likeness (QED) is 0.358. The molecule has 2 atom stereocenters. The summed E-state index contributed by atoms with van der Waals surface area (Å²) in [5.74, 6) is 1.24. The van der Waals surface area contributed by atoms with Crippen LogP contribution in [0.25, 0.3) is 17.1 Å². The molecule has 4 aromatic rings. The van der Waals surface area contributed by atoms with Crippen LogP contribution in [0.4, 0.5) is 19.0 Å². The van der Waals surface area contributed by atoms with Gasteiger partial charge in [0.05, 0.1) is 24.9 Å². The Morgan fingerprint density at radius 2 is 1.79 bits per heavy atom. The Balaban J connectivity index is 1.62. The summed E-state index contributed by atoms with van der Waals surface area (Å²) in [5, 5.41) is 14.4. The third-order valence-corrected chi connectivity index (χ3v) is 6.24. The molecule has 3 heterocycles. The summed E-state index contributed by atoms with van der Waals surface area (Å²) >= 11 is 5.43. The first kappa shape index (κ1) is 22.2. The van der Waals surface area contributed by atoms with Crippen LogP contribution in [-0.4, -0.2) is 37.8 Å². The lowest BCUT2D eigenvalue weighted by Crippen LogP contribution is -2.35. The van der Waals surface area contributed by atoms with E-state index < -0.39 is 18.3 Å². The summed E-state index contributed by atoms with van der Waals surface area (Å²) in [4.78, 5) is 0. The fourth-order valence-corrected chi connectivity index (χ4v) is 4.43. The van der Waals surface area contributed by atoms with Gasteiger partial charge in [0, 0.05) is 12.1 Å². The number of nitrogens with zero attached hydrogens (tertiary/aromatic N) is 4. The van der Waals surface area contributed by atoms with E-state index in [1.54, 1.807) is 35.9 Å². The number of methoxy groups -OCH3 is 1. The number of hydrogen-bond donors (Lipinski definition) is 2. The largest absolute Gasteiger partial charge is 0.497 e. The molecular formula is C23H21F3N6OS. The van der Waals surface area contributed by atoms with Crippen molar-refractivity contribution in [3.63, 3.8) is 0 Å². The summed E-state index contributed by atoms with van der Waals surface area (Å²) in [6, 6.07) is 12.2. The fraction of sp³-hybridized carbons (Fsp3) is 0.261. The van der Waals surface area contributed by atoms with Crippen LogP contribution in [0.15, 0.2) is 54.7 Å². The first-order chi connectivity index (χ1) is 16.3. The molecule has 0 aliphatic carbocycles. The molecular weight excluding hydrogens is 465 g/mol. The maximum absolute atomic E-state index is 14.1. The van der Waals surface area contributed by atoms with Gasteiger partial charge in [-0.3, -0.25) is 9.67 Å². The molecule has 0 amide bonds. The molecule has 0 unspecified atom stereocenters. The number of alkyl halides is 3. The lowest BCUT2D eigenvalue weighted by atomic mass is 9.96. The Kier molecular flexibility index (Phi) is 5.43. The van der Waals surface area contributed by atoms with Gasteiger partial charge < -0.3 is 10.1 Å². The lowest BCUT2D eigenvalue weighted by molar-refractivity contribution is -0.173. The molecule has 0 saturated heterocycles. The molecule has 7 nitrogen and oxygen atoms in total. The zero-order valence-electron chi connectivity index (χ0n) is 18.3. The summed E-state index contributed by atoms with van der Waals surface area (Å²) in [6.45, 7) is 1.97. The molecule has 1 aliphatic rings. The van der Waals surface area contributed by atoms with Gasteiger partial charge >= 0.3 is 6.18 Å². The Morgan fingerprint density at radius 1 is 1.09 bits per heavy atom. The summed E-state index contributed by atoms with van der Waals surface area (Å²) in [6.07, 6.45) is -3.28. The number of benzene rings is 2. The zero-order valence-corrected chi connectivity index (χ0v) is 19.1. The van der Waals surface area contributed by atoms with E-state index in [1.807, 2.05) is 31.2 Å². The minimum atomic E-state index is -4.48. The van der Waals surface area contributed by atoms with Crippen molar-refractivity contribution in [2.24, 2.45) is 0 Å². The predicted molar refractivity (Wildman–Crippen MR) is 124 cm³/mol. The molecule has 11 heteroatoms. The van der Waals surface area contributed by atoms with Crippen LogP contribution in [0, 0.1) is 11.7 Å². The number of fused-ring (bicyclic) bond motifs is 1. The van der Waals surface area contributed by atoms with Crippen LogP contribution in [0.1, 0.15) is 29.6 Å². The van der Waals surface area contributed by atoms with E-state index in [4.69, 9.17) is 17.0 Å². The smallest absolute Gasteiger partial charge is 0.410 e. The molecule has 5 rings (SSSR count). The van der Waals surface area contributed by atoms with Crippen LogP contribution in [-0.2, 0) is 0 Å². The first-order valence-electron chi connectivity index (χ1n) is 10.6. The number of halogens is 3. The van der Waals surface area contributed by atoms with E-state index in [9.17, 15) is 13.2 Å². The van der Waals surface area contributed by atoms with E-state index >= 15 is 0 Å². The lowest BCUT2D eigenvalue weighted by Gasteiger charge is -2.34. The van der Waals surface area contributed by atoms with E-state index in [-0.39, 0.29) is 12.2 Å². The minimum absolute atomic E-state index is 0.200. The van der Waals surface area contributed by atoms with Crippen molar-refractivity contribution in [1.29, 1.82) is 0 Å². The molecule has 0 fully saturated rings. The molecule has 0 bridgehead atoms. The Hall–Kier alpha value is -3.60. The van der Waals surface area contributed by atoms with Crippen molar-refractivity contribution in [3.8, 4) is 22.8 Å². The highest BCUT2D eigenvalue weighted by atomic mass is 32.1.